The maximum Gasteiger partial charge on any atom is 0.131 e. The smallest absolute Gasteiger partial charge is 0.131 e. The summed E-state index contributed by atoms with van der Waals surface area (Å²) in [5, 5.41) is 9.77. The van der Waals surface area contributed by atoms with Gasteiger partial charge in [0.2, 0.25) is 0 Å². The first-order valence-corrected chi connectivity index (χ1v) is 7.20. The predicted octanol–water partition coefficient (Wildman–Crippen LogP) is 4.28. The molecule has 2 rings (SSSR count). The van der Waals surface area contributed by atoms with Crippen molar-refractivity contribution in [2.45, 2.75) is 19.6 Å². The first kappa shape index (κ1) is 15.0. The Morgan fingerprint density at radius 1 is 1.25 bits per heavy atom. The molecule has 0 aliphatic heterocycles. The summed E-state index contributed by atoms with van der Waals surface area (Å²) in [7, 11) is 1.89. The monoisotopic (exact) mass is 337 g/mol. The van der Waals surface area contributed by atoms with E-state index in [-0.39, 0.29) is 5.82 Å². The van der Waals surface area contributed by atoms with Gasteiger partial charge in [0.05, 0.1) is 6.10 Å². The predicted molar refractivity (Wildman–Crippen MR) is 83.3 cm³/mol. The second-order valence-corrected chi connectivity index (χ2v) is 5.75. The van der Waals surface area contributed by atoms with Crippen LogP contribution in [-0.2, 0) is 6.54 Å². The number of benzene rings is 2. The maximum absolute atomic E-state index is 13.9. The van der Waals surface area contributed by atoms with Gasteiger partial charge in [0, 0.05) is 29.3 Å². The van der Waals surface area contributed by atoms with Crippen LogP contribution in [0.15, 0.2) is 46.9 Å². The third-order valence-electron chi connectivity index (χ3n) is 3.17. The van der Waals surface area contributed by atoms with Gasteiger partial charge < -0.3 is 10.0 Å². The zero-order valence-corrected chi connectivity index (χ0v) is 13.1. The van der Waals surface area contributed by atoms with E-state index in [9.17, 15) is 9.50 Å². The van der Waals surface area contributed by atoms with Crippen molar-refractivity contribution in [1.29, 1.82) is 0 Å². The van der Waals surface area contributed by atoms with Crippen LogP contribution in [-0.4, -0.2) is 12.2 Å². The van der Waals surface area contributed by atoms with Crippen LogP contribution in [0.2, 0.25) is 0 Å². The number of rotatable bonds is 4. The van der Waals surface area contributed by atoms with Crippen LogP contribution in [0, 0.1) is 5.82 Å². The maximum atomic E-state index is 13.9. The molecule has 0 saturated heterocycles. The molecule has 0 aliphatic rings. The minimum absolute atomic E-state index is 0.338. The summed E-state index contributed by atoms with van der Waals surface area (Å²) >= 11 is 3.44. The van der Waals surface area contributed by atoms with Crippen molar-refractivity contribution in [2.75, 3.05) is 11.9 Å². The lowest BCUT2D eigenvalue weighted by atomic mass is 10.1. The molecule has 4 heteroatoms. The first-order valence-electron chi connectivity index (χ1n) is 6.41. The van der Waals surface area contributed by atoms with E-state index in [4.69, 9.17) is 0 Å². The lowest BCUT2D eigenvalue weighted by molar-refractivity contribution is 0.194. The summed E-state index contributed by atoms with van der Waals surface area (Å²) in [4.78, 5) is 1.94. The van der Waals surface area contributed by atoms with Gasteiger partial charge in [0.1, 0.15) is 5.82 Å². The number of anilines is 1. The van der Waals surface area contributed by atoms with Gasteiger partial charge in [-0.25, -0.2) is 4.39 Å². The minimum Gasteiger partial charge on any atom is -0.389 e. The van der Waals surface area contributed by atoms with E-state index in [1.807, 2.05) is 42.3 Å². The fourth-order valence-corrected chi connectivity index (χ4v) is 2.71. The van der Waals surface area contributed by atoms with Crippen LogP contribution in [0.25, 0.3) is 0 Å². The molecule has 0 radical (unpaired) electrons. The molecule has 0 amide bonds. The molecule has 0 aromatic heterocycles. The minimum atomic E-state index is -0.837. The summed E-state index contributed by atoms with van der Waals surface area (Å²) < 4.78 is 14.9. The lowest BCUT2D eigenvalue weighted by Gasteiger charge is -2.24. The molecule has 1 atom stereocenters. The average Bonchev–Trinajstić information content (AvgIpc) is 2.37. The lowest BCUT2D eigenvalue weighted by Crippen LogP contribution is -2.19. The van der Waals surface area contributed by atoms with Crippen molar-refractivity contribution in [3.63, 3.8) is 0 Å². The Kier molecular flexibility index (Phi) is 4.78. The second-order valence-electron chi connectivity index (χ2n) is 4.83. The van der Waals surface area contributed by atoms with Gasteiger partial charge in [-0.3, -0.25) is 0 Å². The van der Waals surface area contributed by atoms with Gasteiger partial charge in [-0.05, 0) is 36.8 Å². The van der Waals surface area contributed by atoms with Crippen molar-refractivity contribution >= 4 is 21.6 Å². The molecular weight excluding hydrogens is 321 g/mol. The molecule has 0 fully saturated rings. The third kappa shape index (κ3) is 3.38. The topological polar surface area (TPSA) is 23.5 Å². The first-order chi connectivity index (χ1) is 9.49. The van der Waals surface area contributed by atoms with Crippen molar-refractivity contribution in [3.05, 3.63) is 63.9 Å². The van der Waals surface area contributed by atoms with E-state index < -0.39 is 6.10 Å². The third-order valence-corrected chi connectivity index (χ3v) is 3.66. The molecule has 2 nitrogen and oxygen atoms in total. The number of aliphatic hydroxyl groups is 1. The van der Waals surface area contributed by atoms with Crippen LogP contribution in [0.3, 0.4) is 0 Å². The highest BCUT2D eigenvalue weighted by Crippen LogP contribution is 2.29. The Bertz CT molecular complexity index is 601. The molecule has 1 N–H and O–H groups in total. The average molecular weight is 338 g/mol. The zero-order valence-electron chi connectivity index (χ0n) is 11.5. The van der Waals surface area contributed by atoms with Crippen LogP contribution >= 0.6 is 15.9 Å². The highest BCUT2D eigenvalue weighted by molar-refractivity contribution is 9.10. The normalized spacial score (nSPS) is 12.2. The van der Waals surface area contributed by atoms with Crippen LogP contribution in [0.5, 0.6) is 0 Å². The van der Waals surface area contributed by atoms with Gasteiger partial charge in [0.15, 0.2) is 0 Å². The van der Waals surface area contributed by atoms with Crippen LogP contribution < -0.4 is 4.90 Å². The van der Waals surface area contributed by atoms with E-state index in [0.29, 0.717) is 17.8 Å². The molecule has 0 aliphatic carbocycles. The summed E-state index contributed by atoms with van der Waals surface area (Å²) in [5.74, 6) is -0.376. The molecule has 0 saturated carbocycles. The molecule has 0 bridgehead atoms. The number of halogens is 2. The van der Waals surface area contributed by atoms with Crippen molar-refractivity contribution in [3.8, 4) is 0 Å². The van der Waals surface area contributed by atoms with Crippen molar-refractivity contribution < 1.29 is 9.50 Å². The van der Waals surface area contributed by atoms with Crippen LogP contribution in [0.1, 0.15) is 24.2 Å². The molecule has 2 aromatic rings. The number of hydrogen-bond acceptors (Lipinski definition) is 2. The van der Waals surface area contributed by atoms with E-state index in [1.54, 1.807) is 13.0 Å². The molecule has 0 unspecified atom stereocenters. The van der Waals surface area contributed by atoms with Gasteiger partial charge in [0.25, 0.3) is 0 Å². The molecule has 0 heterocycles. The zero-order chi connectivity index (χ0) is 14.7. The largest absolute Gasteiger partial charge is 0.389 e. The Labute approximate surface area is 127 Å². The Hall–Kier alpha value is -1.39. The molecule has 2 aromatic carbocycles. The highest BCUT2D eigenvalue weighted by atomic mass is 79.9. The summed E-state index contributed by atoms with van der Waals surface area (Å²) in [6.45, 7) is 2.22. The van der Waals surface area contributed by atoms with Gasteiger partial charge >= 0.3 is 0 Å². The Balaban J connectivity index is 2.30. The number of hydrogen-bond donors (Lipinski definition) is 1. The summed E-state index contributed by atoms with van der Waals surface area (Å²) in [6, 6.07) is 12.8. The summed E-state index contributed by atoms with van der Waals surface area (Å²) in [5.41, 5.74) is 2.16. The fourth-order valence-electron chi connectivity index (χ4n) is 2.27. The van der Waals surface area contributed by atoms with Gasteiger partial charge in [-0.15, -0.1) is 0 Å². The van der Waals surface area contributed by atoms with Crippen LogP contribution in [0.4, 0.5) is 10.1 Å². The quantitative estimate of drug-likeness (QED) is 0.900. The number of aliphatic hydroxyl groups excluding tert-OH is 1. The highest BCUT2D eigenvalue weighted by Gasteiger charge is 2.16. The van der Waals surface area contributed by atoms with E-state index in [1.165, 1.54) is 6.07 Å². The fraction of sp³-hybridized carbons (Fsp3) is 0.250. The van der Waals surface area contributed by atoms with E-state index in [2.05, 4.69) is 15.9 Å². The number of nitrogens with zero attached hydrogens (tertiary/aromatic N) is 1. The van der Waals surface area contributed by atoms with Crippen molar-refractivity contribution in [1.82, 2.24) is 0 Å². The SMILES string of the molecule is C[C@H](O)c1c(F)cccc1N(C)Cc1cccc(Br)c1. The molecular formula is C16H17BrFNO. The van der Waals surface area contributed by atoms with Gasteiger partial charge in [-0.1, -0.05) is 34.1 Å². The van der Waals surface area contributed by atoms with Gasteiger partial charge in [-0.2, -0.15) is 0 Å². The van der Waals surface area contributed by atoms with Crippen molar-refractivity contribution in [2.24, 2.45) is 0 Å². The standard InChI is InChI=1S/C16H17BrFNO/c1-11(20)16-14(18)7-4-8-15(16)19(2)10-12-5-3-6-13(17)9-12/h3-9,11,20H,10H2,1-2H3/t11-/m0/s1. The molecule has 106 valence electrons. The van der Waals surface area contributed by atoms with E-state index >= 15 is 0 Å². The molecule has 20 heavy (non-hydrogen) atoms. The second kappa shape index (κ2) is 6.37. The van der Waals surface area contributed by atoms with E-state index in [0.717, 1.165) is 10.0 Å². The Morgan fingerprint density at radius 2 is 1.95 bits per heavy atom. The Morgan fingerprint density at radius 3 is 2.60 bits per heavy atom. The molecule has 0 spiro atoms. The summed E-state index contributed by atoms with van der Waals surface area (Å²) in [6.07, 6.45) is -0.837.